The Kier molecular flexibility index (Phi) is 6.74. The molecule has 1 fully saturated rings. The Morgan fingerprint density at radius 2 is 1.74 bits per heavy atom. The maximum atomic E-state index is 13.1. The van der Waals surface area contributed by atoms with Crippen molar-refractivity contribution in [3.05, 3.63) is 88.0 Å². The molecule has 3 aromatic carbocycles. The normalized spacial score (nSPS) is 15.9. The highest BCUT2D eigenvalue weighted by Gasteiger charge is 2.29. The first-order valence-corrected chi connectivity index (χ1v) is 12.8. The molecule has 180 valence electrons. The number of fused-ring (bicyclic) bond motifs is 2. The fourth-order valence-corrected chi connectivity index (χ4v) is 5.99. The number of likely N-dealkylation sites (tertiary alicyclic amines) is 1. The molecule has 1 atom stereocenters. The Morgan fingerprint density at radius 1 is 1.03 bits per heavy atom. The molecule has 1 saturated heterocycles. The van der Waals surface area contributed by atoms with Crippen LogP contribution < -0.4 is 10.2 Å². The summed E-state index contributed by atoms with van der Waals surface area (Å²) in [5.74, 6) is -0.248. The molecule has 0 radical (unpaired) electrons. The van der Waals surface area contributed by atoms with Gasteiger partial charge in [0.25, 0.3) is 11.6 Å². The number of nitrogens with zero attached hydrogens (tertiary/aromatic N) is 3. The number of para-hydroxylation sites is 2. The van der Waals surface area contributed by atoms with Crippen molar-refractivity contribution < 1.29 is 9.72 Å². The molecule has 1 amide bonds. The predicted molar refractivity (Wildman–Crippen MR) is 139 cm³/mol. The number of benzene rings is 3. The summed E-state index contributed by atoms with van der Waals surface area (Å²) in [6.07, 6.45) is 2.50. The standard InChI is InChI=1S/C27H28N4O3S/c1-19(18-29-14-6-7-15-29)30-23-10-4-5-11-25(23)35-26-13-12-20(16-24(26)30)27(32)28-17-21-8-2-3-9-22(21)31(33)34/h2-5,8-13,16,19H,6-7,14-15,17-18H2,1H3,(H,28,32). The van der Waals surface area contributed by atoms with Gasteiger partial charge in [-0.05, 0) is 63.2 Å². The third-order valence-corrected chi connectivity index (χ3v) is 7.75. The molecule has 3 aromatic rings. The molecular weight excluding hydrogens is 460 g/mol. The highest BCUT2D eigenvalue weighted by molar-refractivity contribution is 7.99. The van der Waals surface area contributed by atoms with Gasteiger partial charge in [-0.25, -0.2) is 0 Å². The van der Waals surface area contributed by atoms with Gasteiger partial charge in [-0.2, -0.15) is 0 Å². The molecule has 1 N–H and O–H groups in total. The second-order valence-electron chi connectivity index (χ2n) is 9.05. The number of carbonyl (C=O) groups is 1. The molecule has 2 heterocycles. The number of hydrogen-bond acceptors (Lipinski definition) is 6. The van der Waals surface area contributed by atoms with E-state index in [0.717, 1.165) is 35.9 Å². The predicted octanol–water partition coefficient (Wildman–Crippen LogP) is 5.61. The van der Waals surface area contributed by atoms with E-state index in [2.05, 4.69) is 46.3 Å². The molecule has 0 saturated carbocycles. The lowest BCUT2D eigenvalue weighted by atomic mass is 10.1. The van der Waals surface area contributed by atoms with E-state index in [9.17, 15) is 14.9 Å². The number of nitro groups is 1. The van der Waals surface area contributed by atoms with Crippen molar-refractivity contribution in [3.8, 4) is 0 Å². The van der Waals surface area contributed by atoms with E-state index in [1.165, 1.54) is 23.8 Å². The number of nitrogens with one attached hydrogen (secondary N) is 1. The molecule has 1 unspecified atom stereocenters. The summed E-state index contributed by atoms with van der Waals surface area (Å²) in [4.78, 5) is 31.2. The topological polar surface area (TPSA) is 78.7 Å². The van der Waals surface area contributed by atoms with Gasteiger partial charge in [-0.1, -0.05) is 42.1 Å². The van der Waals surface area contributed by atoms with Crippen LogP contribution in [0.25, 0.3) is 0 Å². The van der Waals surface area contributed by atoms with Gasteiger partial charge < -0.3 is 15.1 Å². The highest BCUT2D eigenvalue weighted by atomic mass is 32.2. The molecule has 2 aliphatic heterocycles. The van der Waals surface area contributed by atoms with E-state index in [0.29, 0.717) is 11.1 Å². The summed E-state index contributed by atoms with van der Waals surface area (Å²) in [6, 6.07) is 20.9. The van der Waals surface area contributed by atoms with Crippen LogP contribution in [0.15, 0.2) is 76.5 Å². The second kappa shape index (κ2) is 10.1. The first kappa shape index (κ1) is 23.4. The highest BCUT2D eigenvalue weighted by Crippen LogP contribution is 2.49. The third-order valence-electron chi connectivity index (χ3n) is 6.61. The van der Waals surface area contributed by atoms with E-state index in [1.807, 2.05) is 18.2 Å². The van der Waals surface area contributed by atoms with E-state index in [4.69, 9.17) is 0 Å². The van der Waals surface area contributed by atoms with Crippen LogP contribution >= 0.6 is 11.8 Å². The minimum atomic E-state index is -0.422. The minimum Gasteiger partial charge on any atom is -0.348 e. The van der Waals surface area contributed by atoms with Crippen LogP contribution in [0.2, 0.25) is 0 Å². The Labute approximate surface area is 209 Å². The monoisotopic (exact) mass is 488 g/mol. The molecular formula is C27H28N4O3S. The lowest BCUT2D eigenvalue weighted by Gasteiger charge is -2.39. The first-order valence-electron chi connectivity index (χ1n) is 11.9. The van der Waals surface area contributed by atoms with Crippen LogP contribution in [-0.2, 0) is 6.54 Å². The van der Waals surface area contributed by atoms with Crippen molar-refractivity contribution in [1.82, 2.24) is 10.2 Å². The average molecular weight is 489 g/mol. The molecule has 0 spiro atoms. The van der Waals surface area contributed by atoms with Crippen molar-refractivity contribution >= 4 is 34.7 Å². The molecule has 0 aliphatic carbocycles. The fourth-order valence-electron chi connectivity index (χ4n) is 4.94. The SMILES string of the molecule is CC(CN1CCCC1)N1c2ccccc2Sc2ccc(C(=O)NCc3ccccc3[N+](=O)[O-])cc21. The summed E-state index contributed by atoms with van der Waals surface area (Å²) >= 11 is 1.72. The van der Waals surface area contributed by atoms with Crippen LogP contribution in [-0.4, -0.2) is 41.4 Å². The van der Waals surface area contributed by atoms with Crippen molar-refractivity contribution in [1.29, 1.82) is 0 Å². The van der Waals surface area contributed by atoms with Crippen LogP contribution in [0.5, 0.6) is 0 Å². The van der Waals surface area contributed by atoms with E-state index < -0.39 is 4.92 Å². The Hall–Kier alpha value is -3.36. The quantitative estimate of drug-likeness (QED) is 0.344. The first-order chi connectivity index (χ1) is 17.0. The van der Waals surface area contributed by atoms with Gasteiger partial charge in [-0.15, -0.1) is 0 Å². The summed E-state index contributed by atoms with van der Waals surface area (Å²) in [5.41, 5.74) is 3.22. The number of rotatable bonds is 7. The van der Waals surface area contributed by atoms with Crippen molar-refractivity contribution in [3.63, 3.8) is 0 Å². The van der Waals surface area contributed by atoms with Crippen molar-refractivity contribution in [2.24, 2.45) is 0 Å². The summed E-state index contributed by atoms with van der Waals surface area (Å²) in [7, 11) is 0. The van der Waals surface area contributed by atoms with Gasteiger partial charge in [0.15, 0.2) is 0 Å². The second-order valence-corrected chi connectivity index (χ2v) is 10.1. The smallest absolute Gasteiger partial charge is 0.274 e. The maximum absolute atomic E-state index is 13.1. The number of amides is 1. The lowest BCUT2D eigenvalue weighted by molar-refractivity contribution is -0.385. The van der Waals surface area contributed by atoms with Gasteiger partial charge in [0.2, 0.25) is 0 Å². The van der Waals surface area contributed by atoms with Gasteiger partial charge in [0, 0.05) is 46.1 Å². The van der Waals surface area contributed by atoms with E-state index in [-0.39, 0.29) is 24.2 Å². The van der Waals surface area contributed by atoms with Gasteiger partial charge in [0.05, 0.1) is 16.3 Å². The minimum absolute atomic E-state index is 0.00756. The summed E-state index contributed by atoms with van der Waals surface area (Å²) in [6.45, 7) is 5.58. The van der Waals surface area contributed by atoms with E-state index in [1.54, 1.807) is 30.0 Å². The summed E-state index contributed by atoms with van der Waals surface area (Å²) in [5, 5.41) is 14.2. The Morgan fingerprint density at radius 3 is 2.54 bits per heavy atom. The molecule has 5 rings (SSSR count). The molecule has 7 nitrogen and oxygen atoms in total. The third kappa shape index (κ3) is 4.90. The van der Waals surface area contributed by atoms with Crippen molar-refractivity contribution in [2.45, 2.75) is 42.1 Å². The largest absolute Gasteiger partial charge is 0.348 e. The number of anilines is 2. The van der Waals surface area contributed by atoms with Crippen molar-refractivity contribution in [2.75, 3.05) is 24.5 Å². The van der Waals surface area contributed by atoms with Crippen LogP contribution in [0.3, 0.4) is 0 Å². The zero-order chi connectivity index (χ0) is 24.4. The fraction of sp³-hybridized carbons (Fsp3) is 0.296. The number of carbonyl (C=O) groups excluding carboxylic acids is 1. The van der Waals surface area contributed by atoms with Gasteiger partial charge in [-0.3, -0.25) is 14.9 Å². The summed E-state index contributed by atoms with van der Waals surface area (Å²) < 4.78 is 0. The molecule has 35 heavy (non-hydrogen) atoms. The number of hydrogen-bond donors (Lipinski definition) is 1. The maximum Gasteiger partial charge on any atom is 0.274 e. The lowest BCUT2D eigenvalue weighted by Crippen LogP contribution is -2.40. The Bertz CT molecular complexity index is 1260. The molecule has 8 heteroatoms. The van der Waals surface area contributed by atoms with E-state index >= 15 is 0 Å². The zero-order valence-corrected chi connectivity index (χ0v) is 20.5. The number of nitro benzene ring substituents is 1. The zero-order valence-electron chi connectivity index (χ0n) is 19.6. The van der Waals surface area contributed by atoms with Crippen LogP contribution in [0, 0.1) is 10.1 Å². The van der Waals surface area contributed by atoms with Crippen LogP contribution in [0.4, 0.5) is 17.1 Å². The molecule has 0 aromatic heterocycles. The average Bonchev–Trinajstić information content (AvgIpc) is 3.38. The van der Waals surface area contributed by atoms with Gasteiger partial charge >= 0.3 is 0 Å². The van der Waals surface area contributed by atoms with Gasteiger partial charge in [0.1, 0.15) is 0 Å². The van der Waals surface area contributed by atoms with Crippen LogP contribution in [0.1, 0.15) is 35.7 Å². The molecule has 0 bridgehead atoms. The molecule has 2 aliphatic rings. The Balaban J connectivity index is 1.41.